The van der Waals surface area contributed by atoms with Gasteiger partial charge in [0.25, 0.3) is 0 Å². The lowest BCUT2D eigenvalue weighted by Gasteiger charge is -2.25. The summed E-state index contributed by atoms with van der Waals surface area (Å²) in [5.41, 5.74) is 0.906. The molecule has 0 radical (unpaired) electrons. The second-order valence-electron chi connectivity index (χ2n) is 7.06. The van der Waals surface area contributed by atoms with Gasteiger partial charge in [-0.05, 0) is 41.0 Å². The van der Waals surface area contributed by atoms with Crippen LogP contribution in [0.2, 0.25) is 0 Å². The van der Waals surface area contributed by atoms with Crippen LogP contribution in [0.1, 0.15) is 16.7 Å². The average Bonchev–Trinajstić information content (AvgIpc) is 2.81. The molecule has 0 N–H and O–H groups in total. The van der Waals surface area contributed by atoms with Crippen LogP contribution in [-0.4, -0.2) is 49.6 Å². The normalized spacial score (nSPS) is 15.2. The molecule has 32 heavy (non-hydrogen) atoms. The fraction of sp³-hybridized carbons (Fsp3) is 0.292. The number of alkyl halides is 3. The second kappa shape index (κ2) is 10.6. The molecule has 1 fully saturated rings. The predicted molar refractivity (Wildman–Crippen MR) is 122 cm³/mol. The Bertz CT molecular complexity index is 1010. The van der Waals surface area contributed by atoms with Gasteiger partial charge in [-0.15, -0.1) is 0 Å². The number of rotatable bonds is 6. The monoisotopic (exact) mass is 463 g/mol. The van der Waals surface area contributed by atoms with Gasteiger partial charge in [0.15, 0.2) is 11.5 Å². The number of allylic oxidation sites excluding steroid dienone is 2. The van der Waals surface area contributed by atoms with E-state index in [2.05, 4.69) is 0 Å². The minimum absolute atomic E-state index is 0.135. The molecule has 0 unspecified atom stereocenters. The maximum Gasteiger partial charge on any atom is 0.416 e. The van der Waals surface area contributed by atoms with Crippen LogP contribution >= 0.6 is 11.8 Å². The van der Waals surface area contributed by atoms with Crippen molar-refractivity contribution in [2.24, 2.45) is 0 Å². The van der Waals surface area contributed by atoms with Gasteiger partial charge < -0.3 is 14.4 Å². The van der Waals surface area contributed by atoms with Gasteiger partial charge in [0.2, 0.25) is 5.91 Å². The van der Waals surface area contributed by atoms with E-state index in [4.69, 9.17) is 9.47 Å². The van der Waals surface area contributed by atoms with Crippen molar-refractivity contribution in [3.8, 4) is 11.5 Å². The van der Waals surface area contributed by atoms with Crippen LogP contribution < -0.4 is 9.47 Å². The summed E-state index contributed by atoms with van der Waals surface area (Å²) in [7, 11) is 3.04. The van der Waals surface area contributed by atoms with Crippen LogP contribution in [0.15, 0.2) is 54.6 Å². The smallest absolute Gasteiger partial charge is 0.416 e. The average molecular weight is 464 g/mol. The highest BCUT2D eigenvalue weighted by Crippen LogP contribution is 2.32. The van der Waals surface area contributed by atoms with Gasteiger partial charge in [-0.1, -0.05) is 30.4 Å². The number of carbonyl (C=O) groups is 1. The maximum atomic E-state index is 13.1. The largest absolute Gasteiger partial charge is 0.493 e. The Morgan fingerprint density at radius 3 is 2.41 bits per heavy atom. The van der Waals surface area contributed by atoms with Gasteiger partial charge >= 0.3 is 6.18 Å². The van der Waals surface area contributed by atoms with E-state index >= 15 is 0 Å². The highest BCUT2D eigenvalue weighted by molar-refractivity contribution is 7.99. The summed E-state index contributed by atoms with van der Waals surface area (Å²) in [6, 6.07) is 10.3. The third kappa shape index (κ3) is 6.09. The third-order valence-corrected chi connectivity index (χ3v) is 5.93. The highest BCUT2D eigenvalue weighted by atomic mass is 32.2. The molecule has 170 valence electrons. The maximum absolute atomic E-state index is 13.1. The zero-order chi connectivity index (χ0) is 23.1. The van der Waals surface area contributed by atoms with Gasteiger partial charge in [0.05, 0.1) is 19.8 Å². The van der Waals surface area contributed by atoms with Gasteiger partial charge in [0, 0.05) is 30.7 Å². The van der Waals surface area contributed by atoms with Crippen molar-refractivity contribution in [3.63, 3.8) is 0 Å². The highest BCUT2D eigenvalue weighted by Gasteiger charge is 2.30. The van der Waals surface area contributed by atoms with Crippen molar-refractivity contribution >= 4 is 29.3 Å². The van der Waals surface area contributed by atoms with Crippen molar-refractivity contribution in [2.45, 2.75) is 6.18 Å². The van der Waals surface area contributed by atoms with E-state index in [-0.39, 0.29) is 5.91 Å². The van der Waals surface area contributed by atoms with E-state index in [1.165, 1.54) is 26.4 Å². The molecular formula is C24H24F3NO3S. The topological polar surface area (TPSA) is 38.8 Å². The van der Waals surface area contributed by atoms with Crippen LogP contribution in [0.5, 0.6) is 11.5 Å². The molecule has 1 heterocycles. The third-order valence-electron chi connectivity index (χ3n) is 4.99. The Labute approximate surface area is 189 Å². The number of methoxy groups -OCH3 is 2. The minimum atomic E-state index is -4.42. The molecule has 1 aliphatic rings. The molecule has 0 saturated carbocycles. The number of hydrogen-bond acceptors (Lipinski definition) is 4. The number of ether oxygens (including phenoxy) is 2. The summed E-state index contributed by atoms with van der Waals surface area (Å²) < 4.78 is 49.8. The van der Waals surface area contributed by atoms with Crippen LogP contribution in [0.25, 0.3) is 11.6 Å². The van der Waals surface area contributed by atoms with Crippen LogP contribution in [0.4, 0.5) is 13.2 Å². The Hall–Kier alpha value is -2.87. The van der Waals surface area contributed by atoms with E-state index < -0.39 is 11.7 Å². The molecule has 1 amide bonds. The molecule has 0 bridgehead atoms. The first-order chi connectivity index (χ1) is 15.3. The van der Waals surface area contributed by atoms with E-state index in [9.17, 15) is 18.0 Å². The summed E-state index contributed by atoms with van der Waals surface area (Å²) in [6.07, 6.45) is 0.305. The molecule has 1 saturated heterocycles. The van der Waals surface area contributed by atoms with Gasteiger partial charge in [0.1, 0.15) is 0 Å². The Morgan fingerprint density at radius 2 is 1.75 bits per heavy atom. The molecule has 8 heteroatoms. The minimum Gasteiger partial charge on any atom is -0.493 e. The molecule has 0 spiro atoms. The Kier molecular flexibility index (Phi) is 7.90. The molecular weight excluding hydrogens is 439 g/mol. The first-order valence-electron chi connectivity index (χ1n) is 9.98. The lowest BCUT2D eigenvalue weighted by atomic mass is 10.0. The van der Waals surface area contributed by atoms with E-state index in [1.807, 2.05) is 0 Å². The van der Waals surface area contributed by atoms with Gasteiger partial charge in [-0.3, -0.25) is 4.79 Å². The molecule has 4 nitrogen and oxygen atoms in total. The zero-order valence-electron chi connectivity index (χ0n) is 17.8. The number of hydrogen-bond donors (Lipinski definition) is 0. The predicted octanol–water partition coefficient (Wildman–Crippen LogP) is 5.39. The number of amides is 1. The quantitative estimate of drug-likeness (QED) is 0.425. The van der Waals surface area contributed by atoms with Crippen molar-refractivity contribution in [1.82, 2.24) is 4.90 Å². The fourth-order valence-corrected chi connectivity index (χ4v) is 4.16. The number of nitrogens with zero attached hydrogens (tertiary/aromatic N) is 1. The SMILES string of the molecule is COc1ccc(C(C=Cc2cccc(C(F)(F)F)c2)=CC(=O)N2CCSCC2)cc1OC. The van der Waals surface area contributed by atoms with E-state index in [1.54, 1.807) is 53.1 Å². The Balaban J connectivity index is 1.98. The first kappa shape index (κ1) is 23.8. The number of carbonyl (C=O) groups excluding carboxylic acids is 1. The molecule has 0 aliphatic carbocycles. The molecule has 2 aromatic rings. The van der Waals surface area contributed by atoms with Crippen molar-refractivity contribution in [1.29, 1.82) is 0 Å². The number of halogens is 3. The van der Waals surface area contributed by atoms with Gasteiger partial charge in [-0.25, -0.2) is 0 Å². The lowest BCUT2D eigenvalue weighted by Crippen LogP contribution is -2.36. The van der Waals surface area contributed by atoms with Crippen LogP contribution in [0, 0.1) is 0 Å². The standard InChI is InChI=1S/C24H24F3NO3S/c1-30-21-9-8-18(15-22(21)31-2)19(16-23(29)28-10-12-32-13-11-28)7-6-17-4-3-5-20(14-17)24(25,26)27/h3-9,14-16H,10-13H2,1-2H3. The van der Waals surface area contributed by atoms with Crippen molar-refractivity contribution < 1.29 is 27.4 Å². The fourth-order valence-electron chi connectivity index (χ4n) is 3.26. The van der Waals surface area contributed by atoms with E-state index in [0.29, 0.717) is 41.3 Å². The molecule has 2 aromatic carbocycles. The second-order valence-corrected chi connectivity index (χ2v) is 8.29. The van der Waals surface area contributed by atoms with Crippen LogP contribution in [-0.2, 0) is 11.0 Å². The summed E-state index contributed by atoms with van der Waals surface area (Å²) in [4.78, 5) is 14.6. The first-order valence-corrected chi connectivity index (χ1v) is 11.1. The van der Waals surface area contributed by atoms with Crippen LogP contribution in [0.3, 0.4) is 0 Å². The van der Waals surface area contributed by atoms with Crippen molar-refractivity contribution in [3.05, 3.63) is 71.3 Å². The van der Waals surface area contributed by atoms with Crippen molar-refractivity contribution in [2.75, 3.05) is 38.8 Å². The molecule has 0 atom stereocenters. The molecule has 1 aliphatic heterocycles. The summed E-state index contributed by atoms with van der Waals surface area (Å²) in [5.74, 6) is 2.65. The lowest BCUT2D eigenvalue weighted by molar-refractivity contribution is -0.137. The number of benzene rings is 2. The summed E-state index contributed by atoms with van der Waals surface area (Å²) in [6.45, 7) is 1.33. The van der Waals surface area contributed by atoms with Gasteiger partial charge in [-0.2, -0.15) is 24.9 Å². The molecule has 0 aromatic heterocycles. The summed E-state index contributed by atoms with van der Waals surface area (Å²) >= 11 is 1.80. The van der Waals surface area contributed by atoms with E-state index in [0.717, 1.165) is 23.6 Å². The molecule has 3 rings (SSSR count). The zero-order valence-corrected chi connectivity index (χ0v) is 18.6. The Morgan fingerprint density at radius 1 is 1.03 bits per heavy atom. The number of thioether (sulfide) groups is 1. The summed E-state index contributed by atoms with van der Waals surface area (Å²) in [5, 5.41) is 0.